The van der Waals surface area contributed by atoms with Crippen LogP contribution in [0.15, 0.2) is 27.9 Å². The Hall–Kier alpha value is -2.24. The summed E-state index contributed by atoms with van der Waals surface area (Å²) in [5, 5.41) is 16.0. The van der Waals surface area contributed by atoms with E-state index in [1.807, 2.05) is 0 Å². The summed E-state index contributed by atoms with van der Waals surface area (Å²) in [6.07, 6.45) is 0.233. The van der Waals surface area contributed by atoms with E-state index in [1.165, 1.54) is 0 Å². The van der Waals surface area contributed by atoms with Gasteiger partial charge in [0.15, 0.2) is 5.58 Å². The van der Waals surface area contributed by atoms with Gasteiger partial charge in [-0.3, -0.25) is 0 Å². The summed E-state index contributed by atoms with van der Waals surface area (Å²) in [6.45, 7) is 0. The van der Waals surface area contributed by atoms with E-state index in [0.29, 0.717) is 17.0 Å². The number of rotatable bonds is 3. The summed E-state index contributed by atoms with van der Waals surface area (Å²) in [7, 11) is 1.58. The first-order valence-electron chi connectivity index (χ1n) is 4.63. The second-order valence-electron chi connectivity index (χ2n) is 3.26. The van der Waals surface area contributed by atoms with E-state index in [2.05, 4.69) is 10.3 Å². The largest absolute Gasteiger partial charge is 0.497 e. The first kappa shape index (κ1) is 10.3. The van der Waals surface area contributed by atoms with Gasteiger partial charge in [-0.1, -0.05) is 10.3 Å². The highest BCUT2D eigenvalue weighted by atomic mass is 16.5. The van der Waals surface area contributed by atoms with E-state index < -0.39 is 0 Å². The molecule has 0 bridgehead atoms. The van der Waals surface area contributed by atoms with Crippen LogP contribution in [0.4, 0.5) is 0 Å². The summed E-state index contributed by atoms with van der Waals surface area (Å²) in [4.78, 5) is 0. The van der Waals surface area contributed by atoms with Gasteiger partial charge in [-0.25, -0.2) is 0 Å². The number of amidine groups is 1. The molecule has 0 amide bonds. The van der Waals surface area contributed by atoms with Gasteiger partial charge in [0.1, 0.15) is 11.6 Å². The van der Waals surface area contributed by atoms with Gasteiger partial charge >= 0.3 is 0 Å². The molecule has 0 radical (unpaired) electrons. The Morgan fingerprint density at radius 1 is 1.62 bits per heavy atom. The lowest BCUT2D eigenvalue weighted by molar-refractivity contribution is 0.317. The van der Waals surface area contributed by atoms with Crippen LogP contribution in [0.5, 0.6) is 5.75 Å². The standard InChI is InChI=1S/C10H11N3O3/c1-15-6-2-3-9-7(4-6)8(13-16-9)5-10(11)12-14/h2-4,14H,5H2,1H3,(H2,11,12). The van der Waals surface area contributed by atoms with E-state index in [0.717, 1.165) is 5.39 Å². The second-order valence-corrected chi connectivity index (χ2v) is 3.26. The lowest BCUT2D eigenvalue weighted by Crippen LogP contribution is -2.14. The SMILES string of the molecule is COc1ccc2onc(C/C(N)=N/O)c2c1. The number of benzene rings is 1. The van der Waals surface area contributed by atoms with Gasteiger partial charge in [0.2, 0.25) is 0 Å². The number of hydrogen-bond donors (Lipinski definition) is 2. The fourth-order valence-corrected chi connectivity index (χ4v) is 1.43. The Bertz CT molecular complexity index is 533. The van der Waals surface area contributed by atoms with Crippen LogP contribution in [0, 0.1) is 0 Å². The third-order valence-corrected chi connectivity index (χ3v) is 2.23. The van der Waals surface area contributed by atoms with Crippen molar-refractivity contribution in [3.05, 3.63) is 23.9 Å². The number of nitrogens with two attached hydrogens (primary N) is 1. The van der Waals surface area contributed by atoms with Crippen molar-refractivity contribution in [2.45, 2.75) is 6.42 Å². The molecule has 0 aliphatic carbocycles. The number of methoxy groups -OCH3 is 1. The average molecular weight is 221 g/mol. The van der Waals surface area contributed by atoms with Crippen molar-refractivity contribution in [3.8, 4) is 5.75 Å². The number of nitrogens with zero attached hydrogens (tertiary/aromatic N) is 2. The summed E-state index contributed by atoms with van der Waals surface area (Å²) >= 11 is 0. The van der Waals surface area contributed by atoms with E-state index in [1.54, 1.807) is 25.3 Å². The Kier molecular flexibility index (Phi) is 2.63. The molecule has 1 aromatic heterocycles. The summed E-state index contributed by atoms with van der Waals surface area (Å²) in [6, 6.07) is 5.34. The van der Waals surface area contributed by atoms with Gasteiger partial charge in [-0.2, -0.15) is 0 Å². The predicted molar refractivity (Wildman–Crippen MR) is 57.7 cm³/mol. The number of oxime groups is 1. The molecule has 3 N–H and O–H groups in total. The van der Waals surface area contributed by atoms with Crippen molar-refractivity contribution in [1.82, 2.24) is 5.16 Å². The molecule has 0 atom stereocenters. The molecular formula is C10H11N3O3. The fourth-order valence-electron chi connectivity index (χ4n) is 1.43. The van der Waals surface area contributed by atoms with Crippen molar-refractivity contribution in [2.24, 2.45) is 10.9 Å². The lowest BCUT2D eigenvalue weighted by atomic mass is 10.1. The third-order valence-electron chi connectivity index (χ3n) is 2.23. The minimum absolute atomic E-state index is 0.0815. The molecule has 0 unspecified atom stereocenters. The van der Waals surface area contributed by atoms with Crippen molar-refractivity contribution in [3.63, 3.8) is 0 Å². The highest BCUT2D eigenvalue weighted by Gasteiger charge is 2.10. The second kappa shape index (κ2) is 4.09. The molecule has 0 spiro atoms. The van der Waals surface area contributed by atoms with Crippen LogP contribution in [-0.2, 0) is 6.42 Å². The van der Waals surface area contributed by atoms with E-state index in [-0.39, 0.29) is 12.3 Å². The topological polar surface area (TPSA) is 93.9 Å². The van der Waals surface area contributed by atoms with Gasteiger partial charge in [0.05, 0.1) is 19.2 Å². The van der Waals surface area contributed by atoms with Crippen LogP contribution >= 0.6 is 0 Å². The zero-order valence-electron chi connectivity index (χ0n) is 8.67. The average Bonchev–Trinajstić information content (AvgIpc) is 2.71. The smallest absolute Gasteiger partial charge is 0.167 e. The van der Waals surface area contributed by atoms with Gasteiger partial charge < -0.3 is 20.2 Å². The molecule has 6 heteroatoms. The molecule has 0 saturated heterocycles. The summed E-state index contributed by atoms with van der Waals surface area (Å²) < 4.78 is 10.2. The zero-order valence-corrected chi connectivity index (χ0v) is 8.67. The van der Waals surface area contributed by atoms with E-state index in [4.69, 9.17) is 20.2 Å². The van der Waals surface area contributed by atoms with Crippen molar-refractivity contribution in [1.29, 1.82) is 0 Å². The Morgan fingerprint density at radius 3 is 3.12 bits per heavy atom. The number of ether oxygens (including phenoxy) is 1. The highest BCUT2D eigenvalue weighted by Crippen LogP contribution is 2.23. The molecule has 16 heavy (non-hydrogen) atoms. The van der Waals surface area contributed by atoms with Crippen LogP contribution in [0.2, 0.25) is 0 Å². The zero-order chi connectivity index (χ0) is 11.5. The minimum Gasteiger partial charge on any atom is -0.497 e. The Morgan fingerprint density at radius 2 is 2.44 bits per heavy atom. The van der Waals surface area contributed by atoms with Gasteiger partial charge in [-0.05, 0) is 18.2 Å². The van der Waals surface area contributed by atoms with Crippen LogP contribution < -0.4 is 10.5 Å². The van der Waals surface area contributed by atoms with Gasteiger partial charge in [0, 0.05) is 5.39 Å². The molecule has 0 saturated carbocycles. The third kappa shape index (κ3) is 1.77. The number of fused-ring (bicyclic) bond motifs is 1. The molecule has 0 aliphatic rings. The molecule has 2 aromatic rings. The molecule has 84 valence electrons. The van der Waals surface area contributed by atoms with Gasteiger partial charge in [0.25, 0.3) is 0 Å². The molecule has 1 heterocycles. The molecule has 1 aromatic carbocycles. The monoisotopic (exact) mass is 221 g/mol. The maximum Gasteiger partial charge on any atom is 0.167 e. The molecule has 0 fully saturated rings. The van der Waals surface area contributed by atoms with Crippen LogP contribution in [0.25, 0.3) is 11.0 Å². The van der Waals surface area contributed by atoms with Crippen LogP contribution in [-0.4, -0.2) is 23.3 Å². The molecule has 6 nitrogen and oxygen atoms in total. The maximum atomic E-state index is 8.49. The number of aromatic nitrogens is 1. The maximum absolute atomic E-state index is 8.49. The van der Waals surface area contributed by atoms with Crippen LogP contribution in [0.1, 0.15) is 5.69 Å². The van der Waals surface area contributed by atoms with E-state index in [9.17, 15) is 0 Å². The Balaban J connectivity index is 2.45. The highest BCUT2D eigenvalue weighted by molar-refractivity contribution is 5.88. The first-order valence-corrected chi connectivity index (χ1v) is 4.63. The normalized spacial score (nSPS) is 11.9. The first-order chi connectivity index (χ1) is 7.74. The molecule has 0 aliphatic heterocycles. The number of hydrogen-bond acceptors (Lipinski definition) is 5. The van der Waals surface area contributed by atoms with Gasteiger partial charge in [-0.15, -0.1) is 0 Å². The van der Waals surface area contributed by atoms with Crippen molar-refractivity contribution < 1.29 is 14.5 Å². The van der Waals surface area contributed by atoms with Crippen molar-refractivity contribution in [2.75, 3.05) is 7.11 Å². The Labute approximate surface area is 91.3 Å². The quantitative estimate of drug-likeness (QED) is 0.350. The van der Waals surface area contributed by atoms with Crippen LogP contribution in [0.3, 0.4) is 0 Å². The van der Waals surface area contributed by atoms with Crippen molar-refractivity contribution >= 4 is 16.8 Å². The minimum atomic E-state index is 0.0815. The fraction of sp³-hybridized carbons (Fsp3) is 0.200. The lowest BCUT2D eigenvalue weighted by Gasteiger charge is -1.98. The predicted octanol–water partition coefficient (Wildman–Crippen LogP) is 1.13. The molecule has 2 rings (SSSR count). The van der Waals surface area contributed by atoms with E-state index >= 15 is 0 Å². The summed E-state index contributed by atoms with van der Waals surface area (Å²) in [5.74, 6) is 0.787. The molecular weight excluding hydrogens is 210 g/mol. The summed E-state index contributed by atoms with van der Waals surface area (Å²) in [5.41, 5.74) is 6.67.